The molecule has 0 bridgehead atoms. The smallest absolute Gasteiger partial charge is 0.270 e. The van der Waals surface area contributed by atoms with Gasteiger partial charge in [-0.1, -0.05) is 0 Å². The molecule has 0 spiro atoms. The van der Waals surface area contributed by atoms with E-state index < -0.39 is 41.6 Å². The number of carbonyl (C=O) groups is 1. The first-order chi connectivity index (χ1) is 15.8. The van der Waals surface area contributed by atoms with Crippen LogP contribution in [0.15, 0.2) is 35.1 Å². The predicted octanol–water partition coefficient (Wildman–Crippen LogP) is 3.26. The van der Waals surface area contributed by atoms with Crippen molar-refractivity contribution < 1.29 is 27.8 Å². The van der Waals surface area contributed by atoms with Gasteiger partial charge in [-0.25, -0.2) is 13.2 Å². The van der Waals surface area contributed by atoms with Gasteiger partial charge in [0.2, 0.25) is 0 Å². The number of fused-ring (bicyclic) bond motifs is 4. The summed E-state index contributed by atoms with van der Waals surface area (Å²) in [6, 6.07) is 5.00. The molecule has 1 amide bonds. The first-order valence-corrected chi connectivity index (χ1v) is 10.1. The van der Waals surface area contributed by atoms with Gasteiger partial charge in [-0.05, 0) is 41.3 Å². The minimum absolute atomic E-state index is 0.0333. The van der Waals surface area contributed by atoms with E-state index in [1.54, 1.807) is 0 Å². The van der Waals surface area contributed by atoms with Crippen molar-refractivity contribution in [3.05, 3.63) is 80.7 Å². The number of hydrogen-bond acceptors (Lipinski definition) is 4. The van der Waals surface area contributed by atoms with Crippen LogP contribution in [0, 0.1) is 17.5 Å². The van der Waals surface area contributed by atoms with E-state index in [2.05, 4.69) is 9.97 Å². The highest BCUT2D eigenvalue weighted by atomic mass is 19.2. The molecule has 0 saturated heterocycles. The van der Waals surface area contributed by atoms with Crippen LogP contribution in [0.1, 0.15) is 33.4 Å². The third-order valence-corrected chi connectivity index (χ3v) is 6.02. The molecular formula is C23H18F3N3O4. The minimum Gasteiger partial charge on any atom is -0.392 e. The zero-order chi connectivity index (χ0) is 23.4. The fourth-order valence-electron chi connectivity index (χ4n) is 4.40. The Kier molecular flexibility index (Phi) is 4.98. The predicted molar refractivity (Wildman–Crippen MR) is 113 cm³/mol. The van der Waals surface area contributed by atoms with Gasteiger partial charge in [0.05, 0.1) is 31.2 Å². The number of pyridine rings is 1. The fraction of sp³-hybridized carbons (Fsp3) is 0.217. The highest BCUT2D eigenvalue weighted by molar-refractivity contribution is 5.99. The number of aliphatic hydroxyl groups is 1. The van der Waals surface area contributed by atoms with E-state index in [-0.39, 0.29) is 29.7 Å². The maximum atomic E-state index is 14.1. The van der Waals surface area contributed by atoms with E-state index in [0.717, 1.165) is 12.1 Å². The Bertz CT molecular complexity index is 1490. The maximum Gasteiger partial charge on any atom is 0.270 e. The number of nitrogens with zero attached hydrogens (tertiary/aromatic N) is 1. The molecule has 1 aliphatic heterocycles. The van der Waals surface area contributed by atoms with Crippen LogP contribution in [0.5, 0.6) is 0 Å². The highest BCUT2D eigenvalue weighted by Crippen LogP contribution is 2.34. The molecular weight excluding hydrogens is 439 g/mol. The van der Waals surface area contributed by atoms with Gasteiger partial charge >= 0.3 is 0 Å². The van der Waals surface area contributed by atoms with E-state index >= 15 is 0 Å². The van der Waals surface area contributed by atoms with Gasteiger partial charge in [-0.15, -0.1) is 0 Å². The van der Waals surface area contributed by atoms with Crippen LogP contribution < -0.4 is 5.56 Å². The molecule has 7 nitrogen and oxygen atoms in total. The minimum atomic E-state index is -1.15. The van der Waals surface area contributed by atoms with Crippen molar-refractivity contribution >= 4 is 27.6 Å². The van der Waals surface area contributed by atoms with Crippen molar-refractivity contribution in [2.24, 2.45) is 0 Å². The van der Waals surface area contributed by atoms with E-state index in [1.807, 2.05) is 0 Å². The summed E-state index contributed by atoms with van der Waals surface area (Å²) in [5, 5.41) is 10.2. The lowest BCUT2D eigenvalue weighted by Crippen LogP contribution is -2.37. The largest absolute Gasteiger partial charge is 0.392 e. The zero-order valence-corrected chi connectivity index (χ0v) is 17.3. The second kappa shape index (κ2) is 7.75. The molecule has 1 aliphatic rings. The van der Waals surface area contributed by atoms with Crippen LogP contribution in [0.4, 0.5) is 13.2 Å². The van der Waals surface area contributed by atoms with Crippen LogP contribution in [0.25, 0.3) is 21.7 Å². The Balaban J connectivity index is 1.61. The number of amides is 1. The van der Waals surface area contributed by atoms with Crippen LogP contribution in [0.3, 0.4) is 0 Å². The summed E-state index contributed by atoms with van der Waals surface area (Å²) in [5.74, 6) is -3.28. The number of halogens is 3. The van der Waals surface area contributed by atoms with Crippen molar-refractivity contribution in [3.63, 3.8) is 0 Å². The zero-order valence-electron chi connectivity index (χ0n) is 17.3. The molecule has 2 aromatic heterocycles. The van der Waals surface area contributed by atoms with Crippen molar-refractivity contribution in [1.29, 1.82) is 0 Å². The Hall–Kier alpha value is -3.63. The van der Waals surface area contributed by atoms with Crippen molar-refractivity contribution in [1.82, 2.24) is 14.9 Å². The highest BCUT2D eigenvalue weighted by Gasteiger charge is 2.32. The number of aromatic amines is 2. The van der Waals surface area contributed by atoms with Crippen molar-refractivity contribution in [2.45, 2.75) is 19.3 Å². The SMILES string of the molecule is CN(C(=O)c1cc2c(CO)cc(F)cc2[nH]1)C1COCc2[nH]c(=O)c3cc(F)c(F)cc3c21. The van der Waals surface area contributed by atoms with E-state index in [1.165, 1.54) is 30.1 Å². The van der Waals surface area contributed by atoms with Crippen molar-refractivity contribution in [3.8, 4) is 0 Å². The average Bonchev–Trinajstić information content (AvgIpc) is 3.22. The Morgan fingerprint density at radius 3 is 2.55 bits per heavy atom. The van der Waals surface area contributed by atoms with Gasteiger partial charge in [0.1, 0.15) is 11.5 Å². The summed E-state index contributed by atoms with van der Waals surface area (Å²) >= 11 is 0. The summed E-state index contributed by atoms with van der Waals surface area (Å²) in [5.41, 5.74) is 1.07. The Morgan fingerprint density at radius 1 is 1.09 bits per heavy atom. The number of benzene rings is 2. The van der Waals surface area contributed by atoms with Crippen LogP contribution in [-0.4, -0.2) is 39.5 Å². The van der Waals surface area contributed by atoms with E-state index in [0.29, 0.717) is 27.7 Å². The molecule has 33 heavy (non-hydrogen) atoms. The summed E-state index contributed by atoms with van der Waals surface area (Å²) < 4.78 is 47.2. The first kappa shape index (κ1) is 21.2. The molecule has 4 aromatic rings. The Labute approximate surface area is 184 Å². The average molecular weight is 457 g/mol. The molecule has 5 rings (SSSR count). The monoisotopic (exact) mass is 457 g/mol. The number of nitrogens with one attached hydrogen (secondary N) is 2. The van der Waals surface area contributed by atoms with Gasteiger partial charge in [0.25, 0.3) is 11.5 Å². The summed E-state index contributed by atoms with van der Waals surface area (Å²) in [4.78, 5) is 32.6. The molecule has 0 fully saturated rings. The molecule has 1 atom stereocenters. The van der Waals surface area contributed by atoms with Gasteiger partial charge in [-0.2, -0.15) is 0 Å². The molecule has 3 N–H and O–H groups in total. The maximum absolute atomic E-state index is 14.1. The third kappa shape index (κ3) is 3.38. The lowest BCUT2D eigenvalue weighted by molar-refractivity contribution is 0.0333. The topological polar surface area (TPSA) is 98.4 Å². The molecule has 1 unspecified atom stereocenters. The molecule has 0 saturated carbocycles. The van der Waals surface area contributed by atoms with Gasteiger partial charge in [0.15, 0.2) is 11.6 Å². The van der Waals surface area contributed by atoms with Gasteiger partial charge < -0.3 is 24.7 Å². The van der Waals surface area contributed by atoms with Crippen LogP contribution >= 0.6 is 0 Å². The van der Waals surface area contributed by atoms with Crippen molar-refractivity contribution in [2.75, 3.05) is 13.7 Å². The number of H-pyrrole nitrogens is 2. The number of rotatable bonds is 3. The second-order valence-corrected chi connectivity index (χ2v) is 7.97. The lowest BCUT2D eigenvalue weighted by Gasteiger charge is -2.33. The quantitative estimate of drug-likeness (QED) is 0.440. The van der Waals surface area contributed by atoms with E-state index in [4.69, 9.17) is 4.74 Å². The standard InChI is InChI=1S/C23H18F3N3O4/c1-29(23(32)18-6-12-10(7-30)2-11(24)3-17(12)27-18)20-9-33-8-19-21(20)13-4-15(25)16(26)5-14(13)22(31)28-19/h2-6,20,27,30H,7-9H2,1H3,(H,28,31). The summed E-state index contributed by atoms with van der Waals surface area (Å²) in [7, 11) is 1.52. The number of aliphatic hydroxyl groups excluding tert-OH is 1. The molecule has 10 heteroatoms. The summed E-state index contributed by atoms with van der Waals surface area (Å²) in [6.07, 6.45) is 0. The number of carbonyl (C=O) groups excluding carboxylic acids is 1. The van der Waals surface area contributed by atoms with Crippen LogP contribution in [-0.2, 0) is 18.0 Å². The van der Waals surface area contributed by atoms with Gasteiger partial charge in [-0.3, -0.25) is 9.59 Å². The molecule has 0 radical (unpaired) electrons. The first-order valence-electron chi connectivity index (χ1n) is 10.1. The summed E-state index contributed by atoms with van der Waals surface area (Å²) in [6.45, 7) is -0.295. The van der Waals surface area contributed by atoms with Crippen LogP contribution in [0.2, 0.25) is 0 Å². The lowest BCUT2D eigenvalue weighted by atomic mass is 9.95. The van der Waals surface area contributed by atoms with E-state index in [9.17, 15) is 27.9 Å². The Morgan fingerprint density at radius 2 is 1.82 bits per heavy atom. The fourth-order valence-corrected chi connectivity index (χ4v) is 4.40. The van der Waals surface area contributed by atoms with Gasteiger partial charge in [0, 0.05) is 29.2 Å². The third-order valence-electron chi connectivity index (χ3n) is 6.02. The second-order valence-electron chi connectivity index (χ2n) is 7.97. The normalized spacial score (nSPS) is 15.7. The molecule has 3 heterocycles. The number of likely N-dealkylation sites (N-methyl/N-ethyl adjacent to an activating group) is 1. The number of hydrogen-bond donors (Lipinski definition) is 3. The number of aromatic nitrogens is 2. The molecule has 0 aliphatic carbocycles. The number of ether oxygens (including phenoxy) is 1. The molecule has 170 valence electrons. The molecule has 2 aromatic carbocycles.